The highest BCUT2D eigenvalue weighted by Crippen LogP contribution is 2.31. The normalized spacial score (nSPS) is 17.6. The average Bonchev–Trinajstić information content (AvgIpc) is 3.11. The maximum absolute atomic E-state index is 12.3. The number of anilines is 1. The first-order valence-electron chi connectivity index (χ1n) is 7.28. The Kier molecular flexibility index (Phi) is 4.34. The number of amides is 2. The Bertz CT molecular complexity index is 744. The van der Waals surface area contributed by atoms with Crippen LogP contribution in [0.25, 0.3) is 0 Å². The van der Waals surface area contributed by atoms with Crippen molar-refractivity contribution in [2.24, 2.45) is 5.92 Å². The lowest BCUT2D eigenvalue weighted by Gasteiger charge is -2.18. The molecule has 1 aliphatic heterocycles. The molecule has 120 valence electrons. The van der Waals surface area contributed by atoms with Crippen LogP contribution < -0.4 is 10.2 Å². The Hall–Kier alpha value is -2.34. The molecule has 0 unspecified atom stereocenters. The van der Waals surface area contributed by atoms with Gasteiger partial charge < -0.3 is 14.6 Å². The number of hydrogen-bond donors (Lipinski definition) is 1. The summed E-state index contributed by atoms with van der Waals surface area (Å²) in [6.07, 6.45) is 1.52. The van der Waals surface area contributed by atoms with Gasteiger partial charge in [-0.05, 0) is 19.1 Å². The van der Waals surface area contributed by atoms with Crippen molar-refractivity contribution in [3.63, 3.8) is 0 Å². The van der Waals surface area contributed by atoms with Crippen molar-refractivity contribution in [3.05, 3.63) is 47.1 Å². The quantitative estimate of drug-likeness (QED) is 0.931. The van der Waals surface area contributed by atoms with Gasteiger partial charge >= 0.3 is 0 Å². The Balaban J connectivity index is 1.64. The number of aromatic nitrogens is 1. The summed E-state index contributed by atoms with van der Waals surface area (Å²) >= 11 is 6.13. The molecule has 0 saturated carbocycles. The van der Waals surface area contributed by atoms with Gasteiger partial charge in [-0.15, -0.1) is 0 Å². The minimum atomic E-state index is -0.397. The molecule has 1 N–H and O–H groups in total. The second-order valence-corrected chi connectivity index (χ2v) is 5.84. The minimum Gasteiger partial charge on any atom is -0.448 e. The topological polar surface area (TPSA) is 75.4 Å². The van der Waals surface area contributed by atoms with Crippen LogP contribution in [0.5, 0.6) is 0 Å². The molecule has 2 amide bonds. The van der Waals surface area contributed by atoms with E-state index in [1.54, 1.807) is 30.0 Å². The summed E-state index contributed by atoms with van der Waals surface area (Å²) in [5, 5.41) is 3.30. The number of rotatable bonds is 4. The van der Waals surface area contributed by atoms with Crippen LogP contribution in [-0.2, 0) is 16.1 Å². The highest BCUT2D eigenvalue weighted by molar-refractivity contribution is 6.33. The third-order valence-corrected chi connectivity index (χ3v) is 4.23. The van der Waals surface area contributed by atoms with Crippen molar-refractivity contribution in [2.45, 2.75) is 19.9 Å². The van der Waals surface area contributed by atoms with E-state index >= 15 is 0 Å². The lowest BCUT2D eigenvalue weighted by molar-refractivity contribution is -0.126. The van der Waals surface area contributed by atoms with Gasteiger partial charge in [-0.25, -0.2) is 4.98 Å². The van der Waals surface area contributed by atoms with Gasteiger partial charge in [0.25, 0.3) is 0 Å². The number of para-hydroxylation sites is 1. The fourth-order valence-corrected chi connectivity index (χ4v) is 2.84. The molecule has 1 aromatic carbocycles. The fraction of sp³-hybridized carbons (Fsp3) is 0.312. The minimum absolute atomic E-state index is 0.101. The van der Waals surface area contributed by atoms with E-state index in [9.17, 15) is 9.59 Å². The number of nitrogens with one attached hydrogen (secondary N) is 1. The van der Waals surface area contributed by atoms with Crippen molar-refractivity contribution in [1.29, 1.82) is 0 Å². The highest BCUT2D eigenvalue weighted by atomic mass is 35.5. The predicted octanol–water partition coefficient (Wildman–Crippen LogP) is 2.31. The van der Waals surface area contributed by atoms with Gasteiger partial charge in [-0.2, -0.15) is 0 Å². The van der Waals surface area contributed by atoms with Gasteiger partial charge in [0.05, 0.1) is 23.2 Å². The molecule has 0 bridgehead atoms. The fourth-order valence-electron chi connectivity index (χ4n) is 2.60. The van der Waals surface area contributed by atoms with E-state index in [-0.39, 0.29) is 24.8 Å². The van der Waals surface area contributed by atoms with Gasteiger partial charge in [0.15, 0.2) is 6.39 Å². The second kappa shape index (κ2) is 6.42. The van der Waals surface area contributed by atoms with Gasteiger partial charge in [-0.1, -0.05) is 23.7 Å². The van der Waals surface area contributed by atoms with Crippen molar-refractivity contribution < 1.29 is 14.0 Å². The summed E-state index contributed by atoms with van der Waals surface area (Å²) in [6, 6.07) is 7.12. The van der Waals surface area contributed by atoms with E-state index in [4.69, 9.17) is 16.0 Å². The molecule has 0 spiro atoms. The molecule has 1 saturated heterocycles. The van der Waals surface area contributed by atoms with E-state index in [0.717, 1.165) is 0 Å². The summed E-state index contributed by atoms with van der Waals surface area (Å²) in [6.45, 7) is 2.40. The number of aryl methyl sites for hydroxylation is 1. The lowest BCUT2D eigenvalue weighted by atomic mass is 10.1. The van der Waals surface area contributed by atoms with Gasteiger partial charge in [0.2, 0.25) is 11.8 Å². The first-order valence-corrected chi connectivity index (χ1v) is 7.65. The van der Waals surface area contributed by atoms with Crippen LogP contribution >= 0.6 is 11.6 Å². The SMILES string of the molecule is Cc1ocnc1CNC(=O)[C@@H]1CC(=O)N(c2ccccc2Cl)C1. The summed E-state index contributed by atoms with van der Waals surface area (Å²) in [7, 11) is 0. The Morgan fingerprint density at radius 1 is 1.48 bits per heavy atom. The molecule has 1 fully saturated rings. The van der Waals surface area contributed by atoms with Crippen LogP contribution in [-0.4, -0.2) is 23.3 Å². The molecule has 6 nitrogen and oxygen atoms in total. The second-order valence-electron chi connectivity index (χ2n) is 5.43. The Labute approximate surface area is 138 Å². The lowest BCUT2D eigenvalue weighted by Crippen LogP contribution is -2.32. The molecule has 1 atom stereocenters. The van der Waals surface area contributed by atoms with Crippen molar-refractivity contribution in [1.82, 2.24) is 10.3 Å². The summed E-state index contributed by atoms with van der Waals surface area (Å²) in [5.41, 5.74) is 1.33. The zero-order chi connectivity index (χ0) is 16.4. The first kappa shape index (κ1) is 15.6. The zero-order valence-electron chi connectivity index (χ0n) is 12.6. The Morgan fingerprint density at radius 3 is 2.96 bits per heavy atom. The van der Waals surface area contributed by atoms with Crippen molar-refractivity contribution >= 4 is 29.1 Å². The zero-order valence-corrected chi connectivity index (χ0v) is 13.3. The standard InChI is InChI=1S/C16H16ClN3O3/c1-10-13(19-9-23-10)7-18-16(22)11-6-15(21)20(8-11)14-5-3-2-4-12(14)17/h2-5,9,11H,6-8H2,1H3,(H,18,22)/t11-/m1/s1. The number of carbonyl (C=O) groups is 2. The Morgan fingerprint density at radius 2 is 2.26 bits per heavy atom. The molecule has 1 aromatic heterocycles. The molecule has 7 heteroatoms. The highest BCUT2D eigenvalue weighted by Gasteiger charge is 2.35. The van der Waals surface area contributed by atoms with E-state index < -0.39 is 5.92 Å². The molecule has 23 heavy (non-hydrogen) atoms. The predicted molar refractivity (Wildman–Crippen MR) is 85.0 cm³/mol. The number of nitrogens with zero attached hydrogens (tertiary/aromatic N) is 2. The van der Waals surface area contributed by atoms with Gasteiger partial charge in [0.1, 0.15) is 11.5 Å². The third-order valence-electron chi connectivity index (χ3n) is 3.91. The maximum Gasteiger partial charge on any atom is 0.227 e. The monoisotopic (exact) mass is 333 g/mol. The third kappa shape index (κ3) is 3.22. The molecule has 2 aromatic rings. The van der Waals surface area contributed by atoms with E-state index in [1.165, 1.54) is 6.39 Å². The van der Waals surface area contributed by atoms with Crippen LogP contribution in [0.15, 0.2) is 35.1 Å². The van der Waals surface area contributed by atoms with Crippen LogP contribution in [0.4, 0.5) is 5.69 Å². The van der Waals surface area contributed by atoms with E-state index in [2.05, 4.69) is 10.3 Å². The van der Waals surface area contributed by atoms with Crippen LogP contribution in [0.3, 0.4) is 0 Å². The number of hydrogen-bond acceptors (Lipinski definition) is 4. The van der Waals surface area contributed by atoms with E-state index in [1.807, 2.05) is 6.07 Å². The molecule has 0 radical (unpaired) electrons. The van der Waals surface area contributed by atoms with Crippen molar-refractivity contribution in [3.8, 4) is 0 Å². The van der Waals surface area contributed by atoms with Crippen LogP contribution in [0.2, 0.25) is 5.02 Å². The molecule has 2 heterocycles. The maximum atomic E-state index is 12.3. The summed E-state index contributed by atoms with van der Waals surface area (Å²) in [4.78, 5) is 30.1. The van der Waals surface area contributed by atoms with Crippen LogP contribution in [0.1, 0.15) is 17.9 Å². The number of oxazole rings is 1. The van der Waals surface area contributed by atoms with Crippen molar-refractivity contribution in [2.75, 3.05) is 11.4 Å². The summed E-state index contributed by atoms with van der Waals surface area (Å²) < 4.78 is 5.09. The first-order chi connectivity index (χ1) is 11.1. The molecular weight excluding hydrogens is 318 g/mol. The average molecular weight is 334 g/mol. The van der Waals surface area contributed by atoms with Gasteiger partial charge in [0, 0.05) is 13.0 Å². The molecule has 0 aliphatic carbocycles. The summed E-state index contributed by atoms with van der Waals surface area (Å²) in [5.74, 6) is 0.00245. The molecular formula is C16H16ClN3O3. The molecule has 1 aliphatic rings. The van der Waals surface area contributed by atoms with Crippen LogP contribution in [0, 0.1) is 12.8 Å². The largest absolute Gasteiger partial charge is 0.448 e. The number of halogens is 1. The number of carbonyl (C=O) groups excluding carboxylic acids is 2. The smallest absolute Gasteiger partial charge is 0.227 e. The number of benzene rings is 1. The van der Waals surface area contributed by atoms with Gasteiger partial charge in [-0.3, -0.25) is 9.59 Å². The molecule has 3 rings (SSSR count). The van der Waals surface area contributed by atoms with E-state index in [0.29, 0.717) is 28.7 Å².